The Labute approximate surface area is 115 Å². The lowest BCUT2D eigenvalue weighted by Gasteiger charge is -2.38. The number of fused-ring (bicyclic) bond motifs is 2. The number of carbonyl (C=O) groups is 1. The summed E-state index contributed by atoms with van der Waals surface area (Å²) in [5.74, 6) is 0.806. The van der Waals surface area contributed by atoms with Gasteiger partial charge in [-0.25, -0.2) is 0 Å². The summed E-state index contributed by atoms with van der Waals surface area (Å²) >= 11 is 0. The molecule has 1 aliphatic carbocycles. The van der Waals surface area contributed by atoms with Gasteiger partial charge in [-0.1, -0.05) is 6.42 Å². The molecule has 3 rings (SSSR count). The van der Waals surface area contributed by atoms with Crippen LogP contribution in [0.25, 0.3) is 0 Å². The van der Waals surface area contributed by atoms with E-state index >= 15 is 0 Å². The van der Waals surface area contributed by atoms with Crippen LogP contribution >= 0.6 is 0 Å². The quantitative estimate of drug-likeness (QED) is 0.794. The number of nitrogens with zero attached hydrogens (tertiary/aromatic N) is 1. The summed E-state index contributed by atoms with van der Waals surface area (Å²) in [7, 11) is 0. The maximum absolute atomic E-state index is 12.5. The maximum Gasteiger partial charge on any atom is 0.223 e. The number of carbonyl (C=O) groups excluding carboxylic acids is 1. The van der Waals surface area contributed by atoms with E-state index in [1.165, 1.54) is 6.42 Å². The number of hydrogen-bond acceptors (Lipinski definition) is 3. The van der Waals surface area contributed by atoms with Crippen LogP contribution < -0.4 is 5.73 Å². The van der Waals surface area contributed by atoms with Crippen LogP contribution in [-0.2, 0) is 4.79 Å². The Morgan fingerprint density at radius 1 is 1.11 bits per heavy atom. The number of piperidine rings is 1. The van der Waals surface area contributed by atoms with E-state index in [1.807, 2.05) is 0 Å². The van der Waals surface area contributed by atoms with Gasteiger partial charge in [-0.3, -0.25) is 4.79 Å². The topological polar surface area (TPSA) is 66.6 Å². The summed E-state index contributed by atoms with van der Waals surface area (Å²) in [6.07, 6.45) is 8.68. The van der Waals surface area contributed by atoms with Crippen molar-refractivity contribution in [3.63, 3.8) is 0 Å². The fourth-order valence-corrected chi connectivity index (χ4v) is 4.43. The van der Waals surface area contributed by atoms with E-state index in [-0.39, 0.29) is 6.10 Å². The second-order valence-corrected chi connectivity index (χ2v) is 6.81. The highest BCUT2D eigenvalue weighted by molar-refractivity contribution is 5.77. The van der Waals surface area contributed by atoms with Crippen molar-refractivity contribution in [1.82, 2.24) is 4.90 Å². The van der Waals surface area contributed by atoms with Crippen LogP contribution in [0.3, 0.4) is 0 Å². The van der Waals surface area contributed by atoms with E-state index < -0.39 is 0 Å². The molecule has 4 unspecified atom stereocenters. The molecule has 0 aromatic carbocycles. The van der Waals surface area contributed by atoms with Crippen molar-refractivity contribution in [1.29, 1.82) is 0 Å². The normalized spacial score (nSPS) is 42.4. The van der Waals surface area contributed by atoms with Crippen molar-refractivity contribution in [2.24, 2.45) is 11.7 Å². The maximum atomic E-state index is 12.5. The first-order chi connectivity index (χ1) is 9.13. The van der Waals surface area contributed by atoms with E-state index in [0.29, 0.717) is 36.4 Å². The summed E-state index contributed by atoms with van der Waals surface area (Å²) in [5, 5.41) is 9.79. The molecule has 1 amide bonds. The third-order valence-corrected chi connectivity index (χ3v) is 5.28. The second kappa shape index (κ2) is 5.41. The highest BCUT2D eigenvalue weighted by Gasteiger charge is 2.42. The molecule has 2 aliphatic heterocycles. The van der Waals surface area contributed by atoms with Crippen LogP contribution in [0.15, 0.2) is 0 Å². The molecule has 4 nitrogen and oxygen atoms in total. The van der Waals surface area contributed by atoms with Gasteiger partial charge < -0.3 is 15.7 Å². The van der Waals surface area contributed by atoms with E-state index in [9.17, 15) is 9.90 Å². The molecule has 2 bridgehead atoms. The zero-order valence-electron chi connectivity index (χ0n) is 11.6. The van der Waals surface area contributed by atoms with Gasteiger partial charge >= 0.3 is 0 Å². The zero-order valence-corrected chi connectivity index (χ0v) is 11.6. The van der Waals surface area contributed by atoms with Gasteiger partial charge in [0.05, 0.1) is 6.10 Å². The number of amides is 1. The van der Waals surface area contributed by atoms with Crippen LogP contribution in [0.5, 0.6) is 0 Å². The van der Waals surface area contributed by atoms with Gasteiger partial charge in [-0.15, -0.1) is 0 Å². The molecule has 1 saturated carbocycles. The van der Waals surface area contributed by atoms with Crippen LogP contribution in [0.2, 0.25) is 0 Å². The number of rotatable bonds is 2. The van der Waals surface area contributed by atoms with Gasteiger partial charge in [-0.2, -0.15) is 0 Å². The molecule has 0 aromatic rings. The van der Waals surface area contributed by atoms with Gasteiger partial charge in [0, 0.05) is 24.5 Å². The summed E-state index contributed by atoms with van der Waals surface area (Å²) in [6, 6.07) is 0.906. The van der Waals surface area contributed by atoms with Crippen molar-refractivity contribution < 1.29 is 9.90 Å². The lowest BCUT2D eigenvalue weighted by atomic mass is 9.83. The van der Waals surface area contributed by atoms with Crippen LogP contribution in [0.4, 0.5) is 0 Å². The molecule has 3 N–H and O–H groups in total. The molecule has 19 heavy (non-hydrogen) atoms. The van der Waals surface area contributed by atoms with Crippen LogP contribution in [0, 0.1) is 5.92 Å². The highest BCUT2D eigenvalue weighted by Crippen LogP contribution is 2.37. The first-order valence-corrected chi connectivity index (χ1v) is 7.88. The molecule has 108 valence electrons. The summed E-state index contributed by atoms with van der Waals surface area (Å²) in [6.45, 7) is 0. The predicted molar refractivity (Wildman–Crippen MR) is 73.4 cm³/mol. The van der Waals surface area contributed by atoms with Gasteiger partial charge in [0.2, 0.25) is 5.91 Å². The monoisotopic (exact) mass is 266 g/mol. The fourth-order valence-electron chi connectivity index (χ4n) is 4.43. The fraction of sp³-hybridized carbons (Fsp3) is 0.933. The van der Waals surface area contributed by atoms with E-state index in [1.54, 1.807) is 0 Å². The molecule has 0 spiro atoms. The Bertz CT molecular complexity index is 333. The Kier molecular flexibility index (Phi) is 3.81. The minimum Gasteiger partial charge on any atom is -0.393 e. The average Bonchev–Trinajstić information content (AvgIpc) is 2.62. The SMILES string of the molecule is NC1CCCC(CC(=O)N2C3CCC2CC(O)C3)C1. The Morgan fingerprint density at radius 3 is 2.42 bits per heavy atom. The molecular formula is C15H26N2O2. The molecule has 2 saturated heterocycles. The van der Waals surface area contributed by atoms with Gasteiger partial charge in [-0.05, 0) is 50.9 Å². The summed E-state index contributed by atoms with van der Waals surface area (Å²) in [5.41, 5.74) is 6.01. The standard InChI is InChI=1S/C15H26N2O2/c16-11-3-1-2-10(6-11)7-15(19)17-12-4-5-13(17)9-14(18)8-12/h10-14,18H,1-9,16H2. The largest absolute Gasteiger partial charge is 0.393 e. The first-order valence-electron chi connectivity index (χ1n) is 7.88. The van der Waals surface area contributed by atoms with Gasteiger partial charge in [0.15, 0.2) is 0 Å². The lowest BCUT2D eigenvalue weighted by molar-refractivity contribution is -0.138. The molecule has 0 radical (unpaired) electrons. The Morgan fingerprint density at radius 2 is 1.79 bits per heavy atom. The number of aliphatic hydroxyl groups is 1. The number of aliphatic hydroxyl groups excluding tert-OH is 1. The number of hydrogen-bond donors (Lipinski definition) is 2. The Hall–Kier alpha value is -0.610. The summed E-state index contributed by atoms with van der Waals surface area (Å²) < 4.78 is 0. The third kappa shape index (κ3) is 2.79. The lowest BCUT2D eigenvalue weighted by Crippen LogP contribution is -2.48. The predicted octanol–water partition coefficient (Wildman–Crippen LogP) is 1.41. The van der Waals surface area contributed by atoms with Crippen molar-refractivity contribution >= 4 is 5.91 Å². The van der Waals surface area contributed by atoms with Crippen molar-refractivity contribution in [2.45, 2.75) is 82.0 Å². The minimum atomic E-state index is -0.190. The van der Waals surface area contributed by atoms with Crippen molar-refractivity contribution in [3.05, 3.63) is 0 Å². The average molecular weight is 266 g/mol. The van der Waals surface area contributed by atoms with Gasteiger partial charge in [0.25, 0.3) is 0 Å². The van der Waals surface area contributed by atoms with Crippen LogP contribution in [-0.4, -0.2) is 40.1 Å². The molecule has 2 heterocycles. The number of nitrogens with two attached hydrogens (primary N) is 1. The third-order valence-electron chi connectivity index (χ3n) is 5.28. The zero-order chi connectivity index (χ0) is 13.4. The molecular weight excluding hydrogens is 240 g/mol. The second-order valence-electron chi connectivity index (χ2n) is 6.81. The summed E-state index contributed by atoms with van der Waals surface area (Å²) in [4.78, 5) is 14.6. The minimum absolute atomic E-state index is 0.190. The van der Waals surface area contributed by atoms with E-state index in [0.717, 1.165) is 44.9 Å². The molecule has 4 atom stereocenters. The highest BCUT2D eigenvalue weighted by atomic mass is 16.3. The van der Waals surface area contributed by atoms with Crippen molar-refractivity contribution in [3.8, 4) is 0 Å². The van der Waals surface area contributed by atoms with Crippen molar-refractivity contribution in [2.75, 3.05) is 0 Å². The van der Waals surface area contributed by atoms with Crippen LogP contribution in [0.1, 0.15) is 57.8 Å². The molecule has 3 fully saturated rings. The Balaban J connectivity index is 1.58. The first kappa shape index (κ1) is 13.4. The molecule has 3 aliphatic rings. The van der Waals surface area contributed by atoms with Gasteiger partial charge in [0.1, 0.15) is 0 Å². The van der Waals surface area contributed by atoms with E-state index in [2.05, 4.69) is 4.90 Å². The molecule has 4 heteroatoms. The molecule has 0 aromatic heterocycles. The smallest absolute Gasteiger partial charge is 0.223 e. The van der Waals surface area contributed by atoms with E-state index in [4.69, 9.17) is 5.73 Å².